The molecule has 1 unspecified atom stereocenters. The number of aryl methyl sites for hydroxylation is 1. The monoisotopic (exact) mass is 661 g/mol. The molecule has 0 fully saturated rings. The van der Waals surface area contributed by atoms with E-state index in [0.29, 0.717) is 5.69 Å². The number of sulfonamides is 1. The first-order valence-electron chi connectivity index (χ1n) is 14.1. The molecule has 0 heterocycles. The van der Waals surface area contributed by atoms with Crippen molar-refractivity contribution in [3.05, 3.63) is 130 Å². The van der Waals surface area contributed by atoms with Crippen molar-refractivity contribution in [2.24, 2.45) is 0 Å². The first-order valence-corrected chi connectivity index (χ1v) is 16.3. The van der Waals surface area contributed by atoms with E-state index in [1.165, 1.54) is 17.0 Å². The molecule has 4 aromatic carbocycles. The van der Waals surface area contributed by atoms with Crippen molar-refractivity contribution in [1.29, 1.82) is 0 Å². The molecule has 9 heteroatoms. The van der Waals surface area contributed by atoms with Gasteiger partial charge in [0, 0.05) is 23.5 Å². The topological polar surface area (TPSA) is 86.8 Å². The summed E-state index contributed by atoms with van der Waals surface area (Å²) < 4.78 is 29.9. The van der Waals surface area contributed by atoms with Crippen LogP contribution in [0.25, 0.3) is 0 Å². The lowest BCUT2D eigenvalue weighted by atomic mass is 10.0. The van der Waals surface area contributed by atoms with Crippen LogP contribution in [0.15, 0.2) is 119 Å². The van der Waals surface area contributed by atoms with Crippen molar-refractivity contribution in [2.45, 2.75) is 50.7 Å². The SMILES string of the molecule is Cc1ccc(N(CC(=O)N(Cc2cccc(Br)c2)C(Cc2ccccc2)C(=O)NC(C)C)S(=O)(=O)c2ccccc2)cc1. The van der Waals surface area contributed by atoms with E-state index in [1.54, 1.807) is 42.5 Å². The largest absolute Gasteiger partial charge is 0.352 e. The van der Waals surface area contributed by atoms with Crippen LogP contribution < -0.4 is 9.62 Å². The van der Waals surface area contributed by atoms with Crippen molar-refractivity contribution in [3.8, 4) is 0 Å². The zero-order valence-electron chi connectivity index (χ0n) is 24.5. The van der Waals surface area contributed by atoms with Crippen LogP contribution in [0.1, 0.15) is 30.5 Å². The summed E-state index contributed by atoms with van der Waals surface area (Å²) in [5.74, 6) is -0.810. The first kappa shape index (κ1) is 32.0. The van der Waals surface area contributed by atoms with E-state index < -0.39 is 28.5 Å². The Labute approximate surface area is 262 Å². The summed E-state index contributed by atoms with van der Waals surface area (Å²) in [5.41, 5.74) is 2.99. The van der Waals surface area contributed by atoms with Gasteiger partial charge in [-0.1, -0.05) is 94.3 Å². The molecule has 0 saturated heterocycles. The molecule has 0 bridgehead atoms. The summed E-state index contributed by atoms with van der Waals surface area (Å²) in [6, 6.07) is 31.0. The number of carbonyl (C=O) groups is 2. The molecule has 4 aromatic rings. The van der Waals surface area contributed by atoms with Crippen LogP contribution in [0, 0.1) is 6.92 Å². The fourth-order valence-electron chi connectivity index (χ4n) is 4.73. The third-order valence-corrected chi connectivity index (χ3v) is 9.16. The summed E-state index contributed by atoms with van der Waals surface area (Å²) >= 11 is 3.50. The molecule has 0 aliphatic heterocycles. The lowest BCUT2D eigenvalue weighted by Crippen LogP contribution is -2.54. The van der Waals surface area contributed by atoms with E-state index in [1.807, 2.05) is 75.4 Å². The average Bonchev–Trinajstić information content (AvgIpc) is 2.98. The number of rotatable bonds is 12. The molecule has 4 rings (SSSR count). The fraction of sp³-hybridized carbons (Fsp3) is 0.235. The summed E-state index contributed by atoms with van der Waals surface area (Å²) in [4.78, 5) is 29.7. The molecule has 224 valence electrons. The maximum atomic E-state index is 14.4. The quantitative estimate of drug-likeness (QED) is 0.198. The molecule has 0 saturated carbocycles. The lowest BCUT2D eigenvalue weighted by Gasteiger charge is -2.34. The third kappa shape index (κ3) is 8.55. The van der Waals surface area contributed by atoms with E-state index in [-0.39, 0.29) is 29.8 Å². The Bertz CT molecular complexity index is 1630. The van der Waals surface area contributed by atoms with Gasteiger partial charge in [0.2, 0.25) is 11.8 Å². The zero-order chi connectivity index (χ0) is 31.0. The number of nitrogens with zero attached hydrogens (tertiary/aromatic N) is 2. The standard InChI is InChI=1S/C34H36BrN3O4S/c1-25(2)36-34(40)32(22-27-11-6-4-7-12-27)37(23-28-13-10-14-29(35)21-28)33(39)24-38(30-19-17-26(3)18-20-30)43(41,42)31-15-8-5-9-16-31/h4-21,25,32H,22-24H2,1-3H3,(H,36,40). The Balaban J connectivity index is 1.79. The predicted molar refractivity (Wildman–Crippen MR) is 174 cm³/mol. The van der Waals surface area contributed by atoms with Gasteiger partial charge in [0.1, 0.15) is 12.6 Å². The molecule has 2 amide bonds. The number of hydrogen-bond donors (Lipinski definition) is 1. The van der Waals surface area contributed by atoms with E-state index in [4.69, 9.17) is 0 Å². The zero-order valence-corrected chi connectivity index (χ0v) is 26.9. The summed E-state index contributed by atoms with van der Waals surface area (Å²) in [6.45, 7) is 5.25. The van der Waals surface area contributed by atoms with Gasteiger partial charge in [-0.25, -0.2) is 8.42 Å². The fourth-order valence-corrected chi connectivity index (χ4v) is 6.61. The second-order valence-corrected chi connectivity index (χ2v) is 13.5. The molecule has 43 heavy (non-hydrogen) atoms. The number of amides is 2. The second-order valence-electron chi connectivity index (χ2n) is 10.7. The predicted octanol–water partition coefficient (Wildman–Crippen LogP) is 6.12. The van der Waals surface area contributed by atoms with Crippen LogP contribution in [-0.2, 0) is 32.6 Å². The Morgan fingerprint density at radius 1 is 0.814 bits per heavy atom. The van der Waals surface area contributed by atoms with E-state index >= 15 is 0 Å². The number of hydrogen-bond acceptors (Lipinski definition) is 4. The number of carbonyl (C=O) groups excluding carboxylic acids is 2. The van der Waals surface area contributed by atoms with Crippen molar-refractivity contribution in [1.82, 2.24) is 10.2 Å². The van der Waals surface area contributed by atoms with Crippen LogP contribution in [0.4, 0.5) is 5.69 Å². The van der Waals surface area contributed by atoms with Gasteiger partial charge in [0.05, 0.1) is 10.6 Å². The van der Waals surface area contributed by atoms with Crippen molar-refractivity contribution in [3.63, 3.8) is 0 Å². The highest BCUT2D eigenvalue weighted by molar-refractivity contribution is 9.10. The summed E-state index contributed by atoms with van der Waals surface area (Å²) in [6.07, 6.45) is 0.259. The van der Waals surface area contributed by atoms with Gasteiger partial charge in [-0.05, 0) is 68.3 Å². The van der Waals surface area contributed by atoms with Gasteiger partial charge >= 0.3 is 0 Å². The average molecular weight is 663 g/mol. The number of anilines is 1. The minimum atomic E-state index is -4.12. The molecule has 0 spiro atoms. The van der Waals surface area contributed by atoms with Gasteiger partial charge in [0.15, 0.2) is 0 Å². The normalized spacial score (nSPS) is 12.0. The Morgan fingerprint density at radius 3 is 2.02 bits per heavy atom. The Morgan fingerprint density at radius 2 is 1.42 bits per heavy atom. The first-order chi connectivity index (χ1) is 20.5. The maximum absolute atomic E-state index is 14.4. The maximum Gasteiger partial charge on any atom is 0.264 e. The smallest absolute Gasteiger partial charge is 0.264 e. The molecule has 0 aliphatic rings. The number of nitrogens with one attached hydrogen (secondary N) is 1. The lowest BCUT2D eigenvalue weighted by molar-refractivity contribution is -0.140. The van der Waals surface area contributed by atoms with Gasteiger partial charge in [-0.2, -0.15) is 0 Å². The third-order valence-electron chi connectivity index (χ3n) is 6.88. The Hall–Kier alpha value is -3.95. The van der Waals surface area contributed by atoms with Crippen LogP contribution in [-0.4, -0.2) is 43.8 Å². The second kappa shape index (κ2) is 14.5. The number of benzene rings is 4. The molecule has 7 nitrogen and oxygen atoms in total. The van der Waals surface area contributed by atoms with Crippen LogP contribution in [0.2, 0.25) is 0 Å². The highest BCUT2D eigenvalue weighted by atomic mass is 79.9. The number of halogens is 1. The molecule has 0 aromatic heterocycles. The minimum absolute atomic E-state index is 0.0697. The summed E-state index contributed by atoms with van der Waals surface area (Å²) in [5, 5.41) is 2.97. The van der Waals surface area contributed by atoms with Crippen LogP contribution in [0.3, 0.4) is 0 Å². The van der Waals surface area contributed by atoms with E-state index in [2.05, 4.69) is 21.2 Å². The molecule has 1 atom stereocenters. The van der Waals surface area contributed by atoms with E-state index in [0.717, 1.165) is 25.5 Å². The Kier molecular flexibility index (Phi) is 10.8. The van der Waals surface area contributed by atoms with Crippen molar-refractivity contribution >= 4 is 43.5 Å². The van der Waals surface area contributed by atoms with Crippen molar-refractivity contribution in [2.75, 3.05) is 10.8 Å². The molecule has 0 aliphatic carbocycles. The van der Waals surface area contributed by atoms with E-state index in [9.17, 15) is 18.0 Å². The minimum Gasteiger partial charge on any atom is -0.352 e. The molecule has 1 N–H and O–H groups in total. The van der Waals surface area contributed by atoms with Gasteiger partial charge in [-0.3, -0.25) is 13.9 Å². The summed E-state index contributed by atoms with van der Waals surface area (Å²) in [7, 11) is -4.12. The van der Waals surface area contributed by atoms with Crippen LogP contribution >= 0.6 is 15.9 Å². The molecular weight excluding hydrogens is 626 g/mol. The highest BCUT2D eigenvalue weighted by Gasteiger charge is 2.34. The molecule has 0 radical (unpaired) electrons. The highest BCUT2D eigenvalue weighted by Crippen LogP contribution is 2.26. The van der Waals surface area contributed by atoms with Crippen LogP contribution in [0.5, 0.6) is 0 Å². The molecular formula is C34H36BrN3O4S. The van der Waals surface area contributed by atoms with Crippen molar-refractivity contribution < 1.29 is 18.0 Å². The van der Waals surface area contributed by atoms with Gasteiger partial charge in [0.25, 0.3) is 10.0 Å². The van der Waals surface area contributed by atoms with Gasteiger partial charge < -0.3 is 10.2 Å². The van der Waals surface area contributed by atoms with Gasteiger partial charge in [-0.15, -0.1) is 0 Å².